The molecule has 1 saturated carbocycles. The van der Waals surface area contributed by atoms with Gasteiger partial charge in [0.15, 0.2) is 5.82 Å². The summed E-state index contributed by atoms with van der Waals surface area (Å²) in [4.78, 5) is 19.6. The Morgan fingerprint density at radius 3 is 2.56 bits per heavy atom. The highest BCUT2D eigenvalue weighted by molar-refractivity contribution is 5.85. The summed E-state index contributed by atoms with van der Waals surface area (Å²) in [6.45, 7) is 1.77. The first-order chi connectivity index (χ1) is 12.3. The average Bonchev–Trinajstić information content (AvgIpc) is 3.32. The molecule has 3 heterocycles. The molecule has 0 bridgehead atoms. The quantitative estimate of drug-likeness (QED) is 0.801. The van der Waals surface area contributed by atoms with Crippen LogP contribution in [0.15, 0.2) is 42.6 Å². The fourth-order valence-corrected chi connectivity index (χ4v) is 3.84. The Hall–Kier alpha value is -2.56. The van der Waals surface area contributed by atoms with E-state index in [1.807, 2.05) is 12.1 Å². The molecule has 0 radical (unpaired) electrons. The van der Waals surface area contributed by atoms with Crippen molar-refractivity contribution in [3.63, 3.8) is 0 Å². The molecule has 1 N–H and O–H groups in total. The molecule has 0 spiro atoms. The summed E-state index contributed by atoms with van der Waals surface area (Å²) in [7, 11) is 0. The Labute approximate surface area is 146 Å². The molecule has 0 atom stereocenters. The van der Waals surface area contributed by atoms with E-state index < -0.39 is 0 Å². The fraction of sp³-hybridized carbons (Fsp3) is 0.400. The van der Waals surface area contributed by atoms with Gasteiger partial charge in [-0.25, -0.2) is 4.98 Å². The SMILES string of the molecule is O=C(NC1CC1)C1CCN(c2nc3ccccc3n3cccc23)CC1. The molecule has 2 aliphatic rings. The number of aromatic nitrogens is 2. The van der Waals surface area contributed by atoms with Gasteiger partial charge in [-0.2, -0.15) is 0 Å². The third-order valence-electron chi connectivity index (χ3n) is 5.43. The molecular formula is C20H22N4O. The standard InChI is InChI=1S/C20H22N4O/c25-20(21-15-7-8-15)14-9-12-23(13-10-14)19-18-6-3-11-24(18)17-5-2-1-4-16(17)22-19/h1-6,11,14-15H,7-10,12-13H2,(H,21,25). The highest BCUT2D eigenvalue weighted by atomic mass is 16.2. The largest absolute Gasteiger partial charge is 0.355 e. The van der Waals surface area contributed by atoms with Gasteiger partial charge in [0, 0.05) is 31.2 Å². The van der Waals surface area contributed by atoms with E-state index in [4.69, 9.17) is 4.98 Å². The van der Waals surface area contributed by atoms with E-state index in [2.05, 4.69) is 45.1 Å². The molecule has 2 fully saturated rings. The van der Waals surface area contributed by atoms with E-state index in [9.17, 15) is 4.79 Å². The van der Waals surface area contributed by atoms with Gasteiger partial charge in [-0.15, -0.1) is 0 Å². The Morgan fingerprint density at radius 1 is 1.00 bits per heavy atom. The summed E-state index contributed by atoms with van der Waals surface area (Å²) in [5.41, 5.74) is 3.28. The van der Waals surface area contributed by atoms with Crippen molar-refractivity contribution >= 4 is 28.3 Å². The molecule has 128 valence electrons. The second-order valence-corrected chi connectivity index (χ2v) is 7.23. The molecule has 5 nitrogen and oxygen atoms in total. The molecule has 25 heavy (non-hydrogen) atoms. The van der Waals surface area contributed by atoms with Gasteiger partial charge < -0.3 is 14.6 Å². The Balaban J connectivity index is 1.41. The van der Waals surface area contributed by atoms with E-state index in [0.29, 0.717) is 6.04 Å². The average molecular weight is 334 g/mol. The molecule has 5 rings (SSSR count). The molecule has 1 aliphatic carbocycles. The monoisotopic (exact) mass is 334 g/mol. The van der Waals surface area contributed by atoms with Crippen LogP contribution in [-0.2, 0) is 4.79 Å². The summed E-state index contributed by atoms with van der Waals surface area (Å²) >= 11 is 0. The smallest absolute Gasteiger partial charge is 0.223 e. The first-order valence-corrected chi connectivity index (χ1v) is 9.21. The molecule has 1 saturated heterocycles. The van der Waals surface area contributed by atoms with Crippen molar-refractivity contribution in [1.29, 1.82) is 0 Å². The third-order valence-corrected chi connectivity index (χ3v) is 5.43. The number of rotatable bonds is 3. The maximum atomic E-state index is 12.3. The zero-order valence-electron chi connectivity index (χ0n) is 14.2. The van der Waals surface area contributed by atoms with Crippen molar-refractivity contribution in [3.05, 3.63) is 42.6 Å². The first kappa shape index (κ1) is 14.8. The number of amides is 1. The van der Waals surface area contributed by atoms with Crippen LogP contribution in [0, 0.1) is 5.92 Å². The summed E-state index contributed by atoms with van der Waals surface area (Å²) in [5, 5.41) is 3.15. The number of nitrogens with zero attached hydrogens (tertiary/aromatic N) is 3. The van der Waals surface area contributed by atoms with Crippen LogP contribution in [-0.4, -0.2) is 34.4 Å². The van der Waals surface area contributed by atoms with Crippen LogP contribution >= 0.6 is 0 Å². The van der Waals surface area contributed by atoms with Crippen molar-refractivity contribution in [2.24, 2.45) is 5.92 Å². The predicted octanol–water partition coefficient (Wildman–Crippen LogP) is 2.98. The highest BCUT2D eigenvalue weighted by Gasteiger charge is 2.30. The summed E-state index contributed by atoms with van der Waals surface area (Å²) in [5.74, 6) is 1.44. The number of benzene rings is 1. The number of piperidine rings is 1. The van der Waals surface area contributed by atoms with Gasteiger partial charge in [-0.1, -0.05) is 12.1 Å². The first-order valence-electron chi connectivity index (χ1n) is 9.21. The van der Waals surface area contributed by atoms with Gasteiger partial charge in [-0.05, 0) is 49.9 Å². The second-order valence-electron chi connectivity index (χ2n) is 7.23. The zero-order valence-corrected chi connectivity index (χ0v) is 14.2. The molecule has 0 unspecified atom stereocenters. The van der Waals surface area contributed by atoms with E-state index in [0.717, 1.165) is 61.1 Å². The number of hydrogen-bond acceptors (Lipinski definition) is 3. The Morgan fingerprint density at radius 2 is 1.76 bits per heavy atom. The highest BCUT2D eigenvalue weighted by Crippen LogP contribution is 2.29. The van der Waals surface area contributed by atoms with Gasteiger partial charge in [0.25, 0.3) is 0 Å². The number of nitrogens with one attached hydrogen (secondary N) is 1. The minimum absolute atomic E-state index is 0.153. The second kappa shape index (κ2) is 5.76. The van der Waals surface area contributed by atoms with Crippen LogP contribution in [0.5, 0.6) is 0 Å². The topological polar surface area (TPSA) is 49.6 Å². The number of hydrogen-bond donors (Lipinski definition) is 1. The number of carbonyl (C=O) groups excluding carboxylic acids is 1. The van der Waals surface area contributed by atoms with Gasteiger partial charge >= 0.3 is 0 Å². The minimum Gasteiger partial charge on any atom is -0.355 e. The maximum absolute atomic E-state index is 12.3. The molecule has 1 amide bonds. The summed E-state index contributed by atoms with van der Waals surface area (Å²) in [6, 6.07) is 12.9. The minimum atomic E-state index is 0.153. The van der Waals surface area contributed by atoms with Gasteiger partial charge in [0.2, 0.25) is 5.91 Å². The predicted molar refractivity (Wildman–Crippen MR) is 98.8 cm³/mol. The van der Waals surface area contributed by atoms with Crippen LogP contribution in [0.4, 0.5) is 5.82 Å². The van der Waals surface area contributed by atoms with Crippen molar-refractivity contribution in [3.8, 4) is 0 Å². The van der Waals surface area contributed by atoms with Crippen LogP contribution in [0.1, 0.15) is 25.7 Å². The van der Waals surface area contributed by atoms with Crippen molar-refractivity contribution in [1.82, 2.24) is 14.7 Å². The Kier molecular flexibility index (Phi) is 3.40. The van der Waals surface area contributed by atoms with E-state index in [1.54, 1.807) is 0 Å². The number of fused-ring (bicyclic) bond motifs is 3. The zero-order chi connectivity index (χ0) is 16.8. The van der Waals surface area contributed by atoms with Crippen molar-refractivity contribution in [2.45, 2.75) is 31.7 Å². The molecule has 3 aromatic rings. The number of anilines is 1. The van der Waals surface area contributed by atoms with E-state index in [-0.39, 0.29) is 11.8 Å². The van der Waals surface area contributed by atoms with Crippen LogP contribution < -0.4 is 10.2 Å². The molecular weight excluding hydrogens is 312 g/mol. The number of carbonyl (C=O) groups is 1. The van der Waals surface area contributed by atoms with Gasteiger partial charge in [0.1, 0.15) is 0 Å². The molecule has 2 aromatic heterocycles. The van der Waals surface area contributed by atoms with Gasteiger partial charge in [-0.3, -0.25) is 4.79 Å². The van der Waals surface area contributed by atoms with E-state index >= 15 is 0 Å². The summed E-state index contributed by atoms with van der Waals surface area (Å²) < 4.78 is 2.21. The van der Waals surface area contributed by atoms with Crippen molar-refractivity contribution in [2.75, 3.05) is 18.0 Å². The van der Waals surface area contributed by atoms with Crippen LogP contribution in [0.25, 0.3) is 16.6 Å². The fourth-order valence-electron chi connectivity index (χ4n) is 3.84. The molecule has 1 aliphatic heterocycles. The lowest BCUT2D eigenvalue weighted by molar-refractivity contribution is -0.125. The normalized spacial score (nSPS) is 18.8. The molecule has 5 heteroatoms. The summed E-state index contributed by atoms with van der Waals surface area (Å²) in [6.07, 6.45) is 6.20. The maximum Gasteiger partial charge on any atom is 0.223 e. The molecule has 1 aromatic carbocycles. The lowest BCUT2D eigenvalue weighted by atomic mass is 9.96. The van der Waals surface area contributed by atoms with E-state index in [1.165, 1.54) is 0 Å². The van der Waals surface area contributed by atoms with Crippen LogP contribution in [0.3, 0.4) is 0 Å². The lowest BCUT2D eigenvalue weighted by Crippen LogP contribution is -2.41. The lowest BCUT2D eigenvalue weighted by Gasteiger charge is -2.32. The Bertz CT molecular complexity index is 935. The van der Waals surface area contributed by atoms with Crippen molar-refractivity contribution < 1.29 is 4.79 Å². The third kappa shape index (κ3) is 2.64. The van der Waals surface area contributed by atoms with Gasteiger partial charge in [0.05, 0.1) is 16.6 Å². The number of para-hydroxylation sites is 2. The van der Waals surface area contributed by atoms with Crippen LogP contribution in [0.2, 0.25) is 0 Å².